The number of benzene rings is 1. The molecule has 100 valence electrons. The zero-order valence-corrected chi connectivity index (χ0v) is 13.3. The number of rotatable bonds is 4. The van der Waals surface area contributed by atoms with Crippen molar-refractivity contribution in [3.05, 3.63) is 62.8 Å². The molecule has 2 nitrogen and oxygen atoms in total. The van der Waals surface area contributed by atoms with Gasteiger partial charge in [-0.3, -0.25) is 4.98 Å². The number of likely N-dealkylation sites (N-methyl/N-ethyl adjacent to an activating group) is 1. The molecule has 0 amide bonds. The van der Waals surface area contributed by atoms with E-state index in [4.69, 9.17) is 11.6 Å². The Labute approximate surface area is 127 Å². The van der Waals surface area contributed by atoms with Crippen LogP contribution in [0.15, 0.2) is 41.1 Å². The molecule has 1 aromatic carbocycles. The molecule has 0 bridgehead atoms. The predicted octanol–water partition coefficient (Wildman–Crippen LogP) is 4.31. The summed E-state index contributed by atoms with van der Waals surface area (Å²) in [6.07, 6.45) is 4.32. The van der Waals surface area contributed by atoms with Crippen molar-refractivity contribution in [3.63, 3.8) is 0 Å². The molecular formula is C15H16BrClN2. The largest absolute Gasteiger partial charge is 0.313 e. The maximum Gasteiger partial charge on any atom is 0.0622 e. The van der Waals surface area contributed by atoms with Gasteiger partial charge in [-0.05, 0) is 49.2 Å². The minimum Gasteiger partial charge on any atom is -0.313 e. The fraction of sp³-hybridized carbons (Fsp3) is 0.267. The Kier molecular flexibility index (Phi) is 4.97. The van der Waals surface area contributed by atoms with Crippen molar-refractivity contribution in [1.82, 2.24) is 10.3 Å². The number of pyridine rings is 1. The molecule has 0 saturated heterocycles. The lowest BCUT2D eigenvalue weighted by molar-refractivity contribution is 0.591. The van der Waals surface area contributed by atoms with E-state index in [0.717, 1.165) is 21.5 Å². The molecule has 0 spiro atoms. The van der Waals surface area contributed by atoms with E-state index >= 15 is 0 Å². The SMILES string of the molecule is CNC(Cc1ccncc1Cl)c1ccc(Br)c(C)c1. The van der Waals surface area contributed by atoms with Gasteiger partial charge in [-0.25, -0.2) is 0 Å². The third-order valence-corrected chi connectivity index (χ3v) is 4.44. The minimum atomic E-state index is 0.242. The molecule has 2 aromatic rings. The van der Waals surface area contributed by atoms with Crippen LogP contribution in [0.25, 0.3) is 0 Å². The van der Waals surface area contributed by atoms with Crippen molar-refractivity contribution in [1.29, 1.82) is 0 Å². The number of nitrogens with zero attached hydrogens (tertiary/aromatic N) is 1. The highest BCUT2D eigenvalue weighted by Gasteiger charge is 2.12. The maximum atomic E-state index is 6.17. The van der Waals surface area contributed by atoms with Crippen LogP contribution in [0.3, 0.4) is 0 Å². The van der Waals surface area contributed by atoms with Crippen LogP contribution >= 0.6 is 27.5 Å². The lowest BCUT2D eigenvalue weighted by Gasteiger charge is -2.18. The summed E-state index contributed by atoms with van der Waals surface area (Å²) in [7, 11) is 1.97. The topological polar surface area (TPSA) is 24.9 Å². The maximum absolute atomic E-state index is 6.17. The molecule has 0 aliphatic heterocycles. The molecule has 0 saturated carbocycles. The molecule has 0 fully saturated rings. The van der Waals surface area contributed by atoms with Crippen molar-refractivity contribution in [2.24, 2.45) is 0 Å². The predicted molar refractivity (Wildman–Crippen MR) is 83.6 cm³/mol. The normalized spacial score (nSPS) is 12.4. The van der Waals surface area contributed by atoms with Gasteiger partial charge in [0.15, 0.2) is 0 Å². The van der Waals surface area contributed by atoms with Crippen molar-refractivity contribution < 1.29 is 0 Å². The molecule has 1 unspecified atom stereocenters. The number of halogens is 2. The van der Waals surface area contributed by atoms with Gasteiger partial charge in [-0.2, -0.15) is 0 Å². The van der Waals surface area contributed by atoms with E-state index in [1.807, 2.05) is 13.1 Å². The molecule has 1 heterocycles. The standard InChI is InChI=1S/C15H16BrClN2/c1-10-7-12(3-4-13(10)16)15(18-2)8-11-5-6-19-9-14(11)17/h3-7,9,15,18H,8H2,1-2H3. The first-order valence-electron chi connectivity index (χ1n) is 6.13. The summed E-state index contributed by atoms with van der Waals surface area (Å²) in [5.74, 6) is 0. The quantitative estimate of drug-likeness (QED) is 0.898. The van der Waals surface area contributed by atoms with Gasteiger partial charge in [0.05, 0.1) is 5.02 Å². The summed E-state index contributed by atoms with van der Waals surface area (Å²) in [6.45, 7) is 2.10. The van der Waals surface area contributed by atoms with E-state index in [1.165, 1.54) is 11.1 Å². The summed E-state index contributed by atoms with van der Waals surface area (Å²) in [5, 5.41) is 4.07. The van der Waals surface area contributed by atoms with Crippen LogP contribution in [-0.4, -0.2) is 12.0 Å². The van der Waals surface area contributed by atoms with E-state index in [2.05, 4.69) is 51.4 Å². The van der Waals surface area contributed by atoms with Crippen LogP contribution in [0.1, 0.15) is 22.7 Å². The molecule has 1 N–H and O–H groups in total. The Morgan fingerprint density at radius 2 is 2.16 bits per heavy atom. The molecule has 2 rings (SSSR count). The molecule has 1 atom stereocenters. The summed E-state index contributed by atoms with van der Waals surface area (Å²) >= 11 is 9.70. The van der Waals surface area contributed by atoms with Gasteiger partial charge in [0, 0.05) is 22.9 Å². The zero-order chi connectivity index (χ0) is 13.8. The van der Waals surface area contributed by atoms with Crippen molar-refractivity contribution in [2.45, 2.75) is 19.4 Å². The van der Waals surface area contributed by atoms with Crippen LogP contribution in [0.4, 0.5) is 0 Å². The van der Waals surface area contributed by atoms with Crippen LogP contribution in [0, 0.1) is 6.92 Å². The molecule has 4 heteroatoms. The first-order valence-corrected chi connectivity index (χ1v) is 7.30. The van der Waals surface area contributed by atoms with Crippen molar-refractivity contribution >= 4 is 27.5 Å². The second kappa shape index (κ2) is 6.51. The highest BCUT2D eigenvalue weighted by Crippen LogP contribution is 2.25. The number of hydrogen-bond acceptors (Lipinski definition) is 2. The fourth-order valence-corrected chi connectivity index (χ4v) is 2.50. The summed E-state index contributed by atoms with van der Waals surface area (Å²) in [4.78, 5) is 4.02. The number of hydrogen-bond donors (Lipinski definition) is 1. The van der Waals surface area contributed by atoms with Gasteiger partial charge in [0.1, 0.15) is 0 Å². The molecule has 0 aliphatic carbocycles. The average Bonchev–Trinajstić information content (AvgIpc) is 2.41. The minimum absolute atomic E-state index is 0.242. The number of nitrogens with one attached hydrogen (secondary N) is 1. The first-order chi connectivity index (χ1) is 9.11. The van der Waals surface area contributed by atoms with Crippen LogP contribution < -0.4 is 5.32 Å². The Bertz CT molecular complexity index is 572. The van der Waals surface area contributed by atoms with E-state index in [-0.39, 0.29) is 6.04 Å². The first kappa shape index (κ1) is 14.5. The molecule has 1 aromatic heterocycles. The Morgan fingerprint density at radius 1 is 1.37 bits per heavy atom. The van der Waals surface area contributed by atoms with E-state index in [0.29, 0.717) is 0 Å². The van der Waals surface area contributed by atoms with Crippen LogP contribution in [0.5, 0.6) is 0 Å². The highest BCUT2D eigenvalue weighted by molar-refractivity contribution is 9.10. The third kappa shape index (κ3) is 3.56. The Morgan fingerprint density at radius 3 is 2.79 bits per heavy atom. The van der Waals surface area contributed by atoms with Gasteiger partial charge in [0.2, 0.25) is 0 Å². The Balaban J connectivity index is 2.25. The average molecular weight is 340 g/mol. The Hall–Kier alpha value is -0.900. The molecular weight excluding hydrogens is 324 g/mol. The van der Waals surface area contributed by atoms with Crippen LogP contribution in [-0.2, 0) is 6.42 Å². The van der Waals surface area contributed by atoms with Crippen molar-refractivity contribution in [3.8, 4) is 0 Å². The van der Waals surface area contributed by atoms with E-state index in [1.54, 1.807) is 12.4 Å². The second-order valence-corrected chi connectivity index (χ2v) is 5.78. The summed E-state index contributed by atoms with van der Waals surface area (Å²) < 4.78 is 1.13. The summed E-state index contributed by atoms with van der Waals surface area (Å²) in [5.41, 5.74) is 3.60. The smallest absolute Gasteiger partial charge is 0.0622 e. The lowest BCUT2D eigenvalue weighted by atomic mass is 9.98. The van der Waals surface area contributed by atoms with Gasteiger partial charge in [-0.1, -0.05) is 39.7 Å². The highest BCUT2D eigenvalue weighted by atomic mass is 79.9. The monoisotopic (exact) mass is 338 g/mol. The number of aryl methyl sites for hydroxylation is 1. The zero-order valence-electron chi connectivity index (χ0n) is 11.0. The molecule has 0 aliphatic rings. The molecule has 19 heavy (non-hydrogen) atoms. The second-order valence-electron chi connectivity index (χ2n) is 4.52. The van der Waals surface area contributed by atoms with E-state index in [9.17, 15) is 0 Å². The fourth-order valence-electron chi connectivity index (χ4n) is 2.06. The summed E-state index contributed by atoms with van der Waals surface area (Å²) in [6, 6.07) is 8.63. The van der Waals surface area contributed by atoms with Gasteiger partial charge >= 0.3 is 0 Å². The van der Waals surface area contributed by atoms with E-state index < -0.39 is 0 Å². The van der Waals surface area contributed by atoms with Gasteiger partial charge < -0.3 is 5.32 Å². The molecule has 0 radical (unpaired) electrons. The van der Waals surface area contributed by atoms with Crippen molar-refractivity contribution in [2.75, 3.05) is 7.05 Å². The number of aromatic nitrogens is 1. The third-order valence-electron chi connectivity index (χ3n) is 3.21. The lowest BCUT2D eigenvalue weighted by Crippen LogP contribution is -2.19. The van der Waals surface area contributed by atoms with Gasteiger partial charge in [-0.15, -0.1) is 0 Å². The van der Waals surface area contributed by atoms with Crippen LogP contribution in [0.2, 0.25) is 5.02 Å². The van der Waals surface area contributed by atoms with Gasteiger partial charge in [0.25, 0.3) is 0 Å².